The molecule has 0 saturated carbocycles. The van der Waals surface area contributed by atoms with Gasteiger partial charge in [-0.15, -0.1) is 0 Å². The standard InChI is InChI=1S/C22H25FN2O3/c1-17(26)25-13-10-22(11-14-25,18-6-3-2-4-7-18)21(27)24-12-15-28-20-9-5-8-19(23)16-20/h2-9,16H,10-15H2,1H3,(H,24,27). The Morgan fingerprint density at radius 2 is 1.82 bits per heavy atom. The van der Waals surface area contributed by atoms with Crippen molar-refractivity contribution in [3.05, 3.63) is 66.0 Å². The summed E-state index contributed by atoms with van der Waals surface area (Å²) in [5.74, 6) is 0.0406. The van der Waals surface area contributed by atoms with E-state index >= 15 is 0 Å². The lowest BCUT2D eigenvalue weighted by Crippen LogP contribution is -2.53. The van der Waals surface area contributed by atoms with Crippen LogP contribution in [0.2, 0.25) is 0 Å². The molecular weight excluding hydrogens is 359 g/mol. The maximum absolute atomic E-state index is 13.2. The minimum absolute atomic E-state index is 0.0329. The summed E-state index contributed by atoms with van der Waals surface area (Å²) >= 11 is 0. The van der Waals surface area contributed by atoms with E-state index in [1.165, 1.54) is 12.1 Å². The molecule has 0 atom stereocenters. The summed E-state index contributed by atoms with van der Waals surface area (Å²) in [5, 5.41) is 2.96. The third-order valence-corrected chi connectivity index (χ3v) is 5.28. The fraction of sp³-hybridized carbons (Fsp3) is 0.364. The predicted octanol–water partition coefficient (Wildman–Crippen LogP) is 2.90. The number of amides is 2. The van der Waals surface area contributed by atoms with Crippen LogP contribution in [0.1, 0.15) is 25.3 Å². The first-order chi connectivity index (χ1) is 13.5. The first kappa shape index (κ1) is 19.9. The van der Waals surface area contributed by atoms with E-state index in [0.717, 1.165) is 5.56 Å². The first-order valence-corrected chi connectivity index (χ1v) is 9.49. The van der Waals surface area contributed by atoms with Gasteiger partial charge in [-0.2, -0.15) is 0 Å². The van der Waals surface area contributed by atoms with Gasteiger partial charge in [0.15, 0.2) is 0 Å². The van der Waals surface area contributed by atoms with Gasteiger partial charge in [0.25, 0.3) is 0 Å². The van der Waals surface area contributed by atoms with E-state index in [9.17, 15) is 14.0 Å². The van der Waals surface area contributed by atoms with Crippen molar-refractivity contribution in [3.8, 4) is 5.75 Å². The minimum atomic E-state index is -0.661. The van der Waals surface area contributed by atoms with Gasteiger partial charge in [-0.25, -0.2) is 4.39 Å². The molecule has 1 fully saturated rings. The molecule has 3 rings (SSSR count). The molecule has 0 spiro atoms. The van der Waals surface area contributed by atoms with Gasteiger partial charge in [-0.3, -0.25) is 9.59 Å². The highest BCUT2D eigenvalue weighted by atomic mass is 19.1. The smallest absolute Gasteiger partial charge is 0.230 e. The van der Waals surface area contributed by atoms with E-state index in [2.05, 4.69) is 5.32 Å². The summed E-state index contributed by atoms with van der Waals surface area (Å²) in [6.07, 6.45) is 1.15. The maximum Gasteiger partial charge on any atom is 0.230 e. The monoisotopic (exact) mass is 384 g/mol. The van der Waals surface area contributed by atoms with Crippen LogP contribution in [0.4, 0.5) is 4.39 Å². The van der Waals surface area contributed by atoms with Gasteiger partial charge in [0.2, 0.25) is 11.8 Å². The number of likely N-dealkylation sites (tertiary alicyclic amines) is 1. The summed E-state index contributed by atoms with van der Waals surface area (Å²) in [7, 11) is 0. The second-order valence-corrected chi connectivity index (χ2v) is 7.02. The largest absolute Gasteiger partial charge is 0.492 e. The SMILES string of the molecule is CC(=O)N1CCC(C(=O)NCCOc2cccc(F)c2)(c2ccccc2)CC1. The van der Waals surface area contributed by atoms with Crippen LogP contribution in [-0.2, 0) is 15.0 Å². The molecule has 2 aromatic carbocycles. The molecular formula is C22H25FN2O3. The van der Waals surface area contributed by atoms with Crippen LogP contribution in [-0.4, -0.2) is 43.0 Å². The number of rotatable bonds is 6. The molecule has 0 aromatic heterocycles. The van der Waals surface area contributed by atoms with Crippen molar-refractivity contribution in [2.45, 2.75) is 25.2 Å². The molecule has 1 aliphatic rings. The topological polar surface area (TPSA) is 58.6 Å². The van der Waals surface area contributed by atoms with Gasteiger partial charge in [-0.05, 0) is 30.5 Å². The highest BCUT2D eigenvalue weighted by Gasteiger charge is 2.43. The van der Waals surface area contributed by atoms with Gasteiger partial charge in [0, 0.05) is 26.1 Å². The number of carbonyl (C=O) groups is 2. The van der Waals surface area contributed by atoms with Crippen molar-refractivity contribution in [2.24, 2.45) is 0 Å². The number of nitrogens with zero attached hydrogens (tertiary/aromatic N) is 1. The molecule has 1 N–H and O–H groups in total. The molecule has 0 unspecified atom stereocenters. The zero-order valence-corrected chi connectivity index (χ0v) is 16.0. The van der Waals surface area contributed by atoms with Gasteiger partial charge in [0.05, 0.1) is 12.0 Å². The van der Waals surface area contributed by atoms with Crippen LogP contribution >= 0.6 is 0 Å². The summed E-state index contributed by atoms with van der Waals surface area (Å²) in [4.78, 5) is 26.6. The summed E-state index contributed by atoms with van der Waals surface area (Å²) in [5.41, 5.74) is 0.299. The lowest BCUT2D eigenvalue weighted by atomic mass is 9.72. The molecule has 2 amide bonds. The number of halogens is 1. The molecule has 0 bridgehead atoms. The summed E-state index contributed by atoms with van der Waals surface area (Å²) < 4.78 is 18.7. The number of carbonyl (C=O) groups excluding carboxylic acids is 2. The number of benzene rings is 2. The molecule has 148 valence electrons. The molecule has 1 saturated heterocycles. The summed E-state index contributed by atoms with van der Waals surface area (Å²) in [6.45, 7) is 3.23. The fourth-order valence-electron chi connectivity index (χ4n) is 3.67. The van der Waals surface area contributed by atoms with Crippen LogP contribution < -0.4 is 10.1 Å². The number of ether oxygens (including phenoxy) is 1. The van der Waals surface area contributed by atoms with Gasteiger partial charge in [0.1, 0.15) is 18.2 Å². The number of hydrogen-bond acceptors (Lipinski definition) is 3. The molecule has 28 heavy (non-hydrogen) atoms. The van der Waals surface area contributed by atoms with Gasteiger partial charge < -0.3 is 15.0 Å². The minimum Gasteiger partial charge on any atom is -0.492 e. The second kappa shape index (κ2) is 8.87. The molecule has 1 heterocycles. The third kappa shape index (κ3) is 4.50. The zero-order chi connectivity index (χ0) is 20.0. The van der Waals surface area contributed by atoms with Crippen LogP contribution in [0.5, 0.6) is 5.75 Å². The molecule has 0 radical (unpaired) electrons. The number of nitrogens with one attached hydrogen (secondary N) is 1. The van der Waals surface area contributed by atoms with Crippen molar-refractivity contribution in [1.82, 2.24) is 10.2 Å². The van der Waals surface area contributed by atoms with Crippen molar-refractivity contribution in [1.29, 1.82) is 0 Å². The van der Waals surface area contributed by atoms with E-state index in [1.807, 2.05) is 30.3 Å². The van der Waals surface area contributed by atoms with Crippen molar-refractivity contribution < 1.29 is 18.7 Å². The average molecular weight is 384 g/mol. The molecule has 2 aromatic rings. The zero-order valence-electron chi connectivity index (χ0n) is 16.0. The van der Waals surface area contributed by atoms with Gasteiger partial charge >= 0.3 is 0 Å². The van der Waals surface area contributed by atoms with Crippen LogP contribution in [0.3, 0.4) is 0 Å². The first-order valence-electron chi connectivity index (χ1n) is 9.49. The van der Waals surface area contributed by atoms with Crippen LogP contribution in [0.25, 0.3) is 0 Å². The number of hydrogen-bond donors (Lipinski definition) is 1. The Bertz CT molecular complexity index is 818. The Balaban J connectivity index is 1.63. The maximum atomic E-state index is 13.2. The Labute approximate surface area is 164 Å². The Hall–Kier alpha value is -2.89. The Morgan fingerprint density at radius 1 is 1.11 bits per heavy atom. The van der Waals surface area contributed by atoms with E-state index in [0.29, 0.717) is 38.2 Å². The quantitative estimate of drug-likeness (QED) is 0.779. The lowest BCUT2D eigenvalue weighted by Gasteiger charge is -2.40. The molecule has 6 heteroatoms. The van der Waals surface area contributed by atoms with E-state index < -0.39 is 5.41 Å². The van der Waals surface area contributed by atoms with Crippen molar-refractivity contribution in [3.63, 3.8) is 0 Å². The normalized spacial score (nSPS) is 15.7. The highest BCUT2D eigenvalue weighted by molar-refractivity contribution is 5.88. The van der Waals surface area contributed by atoms with E-state index in [-0.39, 0.29) is 24.2 Å². The van der Waals surface area contributed by atoms with Gasteiger partial charge in [-0.1, -0.05) is 36.4 Å². The molecule has 0 aliphatic carbocycles. The van der Waals surface area contributed by atoms with E-state index in [4.69, 9.17) is 4.74 Å². The predicted molar refractivity (Wildman–Crippen MR) is 105 cm³/mol. The lowest BCUT2D eigenvalue weighted by molar-refractivity contribution is -0.135. The highest BCUT2D eigenvalue weighted by Crippen LogP contribution is 2.36. The average Bonchev–Trinajstić information content (AvgIpc) is 2.71. The second-order valence-electron chi connectivity index (χ2n) is 7.02. The van der Waals surface area contributed by atoms with E-state index in [1.54, 1.807) is 24.0 Å². The summed E-state index contributed by atoms with van der Waals surface area (Å²) in [6, 6.07) is 15.6. The van der Waals surface area contributed by atoms with Crippen LogP contribution in [0, 0.1) is 5.82 Å². The number of piperidine rings is 1. The Kier molecular flexibility index (Phi) is 6.29. The van der Waals surface area contributed by atoms with Crippen molar-refractivity contribution >= 4 is 11.8 Å². The fourth-order valence-corrected chi connectivity index (χ4v) is 3.67. The van der Waals surface area contributed by atoms with Crippen LogP contribution in [0.15, 0.2) is 54.6 Å². The molecule has 1 aliphatic heterocycles. The molecule has 5 nitrogen and oxygen atoms in total. The van der Waals surface area contributed by atoms with Crippen molar-refractivity contribution in [2.75, 3.05) is 26.2 Å². The third-order valence-electron chi connectivity index (χ3n) is 5.28. The Morgan fingerprint density at radius 3 is 2.46 bits per heavy atom.